The van der Waals surface area contributed by atoms with Gasteiger partial charge in [-0.05, 0) is 25.1 Å². The molecular weight excluding hydrogens is 225 g/mol. The van der Waals surface area contributed by atoms with Gasteiger partial charge in [-0.2, -0.15) is 0 Å². The molecule has 2 N–H and O–H groups in total. The molecule has 0 saturated carbocycles. The number of rotatable bonds is 4. The Morgan fingerprint density at radius 3 is 2.88 bits per heavy atom. The quantitative estimate of drug-likeness (QED) is 0.873. The summed E-state index contributed by atoms with van der Waals surface area (Å²) >= 11 is 0. The smallest absolute Gasteiger partial charge is 0.145 e. The van der Waals surface area contributed by atoms with Crippen LogP contribution in [0.2, 0.25) is 0 Å². The fraction of sp³-hybridized carbons (Fsp3) is 0.273. The largest absolute Gasteiger partial charge is 0.487 e. The number of benzene rings is 1. The summed E-state index contributed by atoms with van der Waals surface area (Å²) in [5, 5.41) is 7.32. The van der Waals surface area contributed by atoms with Gasteiger partial charge in [0.05, 0.1) is 0 Å². The van der Waals surface area contributed by atoms with E-state index in [0.717, 1.165) is 0 Å². The van der Waals surface area contributed by atoms with Crippen LogP contribution in [0.5, 0.6) is 5.75 Å². The van der Waals surface area contributed by atoms with Crippen molar-refractivity contribution in [1.82, 2.24) is 10.3 Å². The van der Waals surface area contributed by atoms with Crippen LogP contribution in [0.1, 0.15) is 17.0 Å². The van der Waals surface area contributed by atoms with Gasteiger partial charge >= 0.3 is 0 Å². The molecule has 1 heterocycles. The van der Waals surface area contributed by atoms with Crippen molar-refractivity contribution in [3.05, 3.63) is 41.0 Å². The summed E-state index contributed by atoms with van der Waals surface area (Å²) in [5.41, 5.74) is 7.39. The molecule has 6 heteroatoms. The first-order chi connectivity index (χ1) is 8.20. The maximum absolute atomic E-state index is 13.0. The number of nitrogens with two attached hydrogens (primary N) is 1. The van der Waals surface area contributed by atoms with E-state index in [2.05, 4.69) is 14.9 Å². The lowest BCUT2D eigenvalue weighted by atomic mass is 10.2. The highest BCUT2D eigenvalue weighted by atomic mass is 19.1. The highest BCUT2D eigenvalue weighted by molar-refractivity contribution is 5.33. The fourth-order valence-corrected chi connectivity index (χ4v) is 1.37. The molecular formula is C11H12FN3O2. The van der Waals surface area contributed by atoms with Crippen molar-refractivity contribution in [2.75, 3.05) is 0 Å². The predicted octanol–water partition coefficient (Wildman–Crippen LogP) is 1.55. The average molecular weight is 237 g/mol. The van der Waals surface area contributed by atoms with E-state index < -0.39 is 0 Å². The summed E-state index contributed by atoms with van der Waals surface area (Å²) in [6, 6.07) is 4.21. The summed E-state index contributed by atoms with van der Waals surface area (Å²) in [6.45, 7) is 2.20. The molecule has 17 heavy (non-hydrogen) atoms. The van der Waals surface area contributed by atoms with Gasteiger partial charge in [0.25, 0.3) is 0 Å². The van der Waals surface area contributed by atoms with Crippen LogP contribution < -0.4 is 10.5 Å². The lowest BCUT2D eigenvalue weighted by molar-refractivity contribution is 0.268. The summed E-state index contributed by atoms with van der Waals surface area (Å²) in [4.78, 5) is 0. The average Bonchev–Trinajstić information content (AvgIpc) is 2.73. The van der Waals surface area contributed by atoms with E-state index in [9.17, 15) is 4.39 Å². The Kier molecular flexibility index (Phi) is 3.34. The monoisotopic (exact) mass is 237 g/mol. The Labute approximate surface area is 97.3 Å². The minimum absolute atomic E-state index is 0.211. The summed E-state index contributed by atoms with van der Waals surface area (Å²) in [6.07, 6.45) is 0. The number of hydrogen-bond donors (Lipinski definition) is 1. The van der Waals surface area contributed by atoms with Gasteiger partial charge in [0.2, 0.25) is 0 Å². The minimum atomic E-state index is -0.336. The molecule has 2 rings (SSSR count). The molecule has 1 aromatic heterocycles. The van der Waals surface area contributed by atoms with E-state index in [0.29, 0.717) is 22.7 Å². The molecule has 1 aromatic carbocycles. The first kappa shape index (κ1) is 11.5. The van der Waals surface area contributed by atoms with E-state index in [4.69, 9.17) is 10.5 Å². The van der Waals surface area contributed by atoms with E-state index in [1.54, 1.807) is 13.0 Å². The zero-order valence-corrected chi connectivity index (χ0v) is 9.31. The SMILES string of the molecule is Cc1nonc1COc1ccc(F)cc1CN. The van der Waals surface area contributed by atoms with Crippen molar-refractivity contribution in [3.63, 3.8) is 0 Å². The van der Waals surface area contributed by atoms with E-state index >= 15 is 0 Å². The Balaban J connectivity index is 2.11. The fourth-order valence-electron chi connectivity index (χ4n) is 1.37. The Morgan fingerprint density at radius 1 is 1.41 bits per heavy atom. The van der Waals surface area contributed by atoms with Crippen LogP contribution in [0.3, 0.4) is 0 Å². The highest BCUT2D eigenvalue weighted by Gasteiger charge is 2.08. The van der Waals surface area contributed by atoms with Gasteiger partial charge in [-0.1, -0.05) is 10.3 Å². The molecule has 0 atom stereocenters. The lowest BCUT2D eigenvalue weighted by Crippen LogP contribution is -2.04. The number of nitrogens with zero attached hydrogens (tertiary/aromatic N) is 2. The standard InChI is InChI=1S/C11H12FN3O2/c1-7-10(15-17-14-7)6-16-11-3-2-9(12)4-8(11)5-13/h2-4H,5-6,13H2,1H3. The third kappa shape index (κ3) is 2.59. The molecule has 0 fully saturated rings. The number of aryl methyl sites for hydroxylation is 1. The molecule has 0 radical (unpaired) electrons. The second-order valence-electron chi connectivity index (χ2n) is 3.54. The van der Waals surface area contributed by atoms with Gasteiger partial charge in [0, 0.05) is 12.1 Å². The molecule has 5 nitrogen and oxygen atoms in total. The molecule has 0 aliphatic rings. The van der Waals surface area contributed by atoms with Crippen molar-refractivity contribution < 1.29 is 13.8 Å². The van der Waals surface area contributed by atoms with Crippen molar-refractivity contribution in [2.45, 2.75) is 20.1 Å². The van der Waals surface area contributed by atoms with E-state index in [1.165, 1.54) is 12.1 Å². The van der Waals surface area contributed by atoms with Crippen LogP contribution in [0, 0.1) is 12.7 Å². The summed E-state index contributed by atoms with van der Waals surface area (Å²) in [7, 11) is 0. The van der Waals surface area contributed by atoms with Crippen molar-refractivity contribution >= 4 is 0 Å². The van der Waals surface area contributed by atoms with E-state index in [1.807, 2.05) is 0 Å². The first-order valence-corrected chi connectivity index (χ1v) is 5.10. The van der Waals surface area contributed by atoms with Crippen LogP contribution in [0.4, 0.5) is 4.39 Å². The molecule has 0 aliphatic heterocycles. The van der Waals surface area contributed by atoms with Crippen LogP contribution in [-0.4, -0.2) is 10.3 Å². The maximum atomic E-state index is 13.0. The Bertz CT molecular complexity index is 513. The van der Waals surface area contributed by atoms with Gasteiger partial charge in [-0.3, -0.25) is 0 Å². The molecule has 0 bridgehead atoms. The molecule has 90 valence electrons. The lowest BCUT2D eigenvalue weighted by Gasteiger charge is -2.08. The second-order valence-corrected chi connectivity index (χ2v) is 3.54. The molecule has 0 saturated heterocycles. The van der Waals surface area contributed by atoms with Gasteiger partial charge in [-0.15, -0.1) is 0 Å². The topological polar surface area (TPSA) is 74.2 Å². The predicted molar refractivity (Wildman–Crippen MR) is 57.7 cm³/mol. The van der Waals surface area contributed by atoms with Crippen molar-refractivity contribution in [2.24, 2.45) is 5.73 Å². The van der Waals surface area contributed by atoms with Crippen LogP contribution >= 0.6 is 0 Å². The molecule has 0 unspecified atom stereocenters. The van der Waals surface area contributed by atoms with Crippen LogP contribution in [0.15, 0.2) is 22.8 Å². The number of ether oxygens (including phenoxy) is 1. The molecule has 0 amide bonds. The molecule has 0 spiro atoms. The maximum Gasteiger partial charge on any atom is 0.145 e. The Hall–Kier alpha value is -1.95. The van der Waals surface area contributed by atoms with Crippen molar-refractivity contribution in [3.8, 4) is 5.75 Å². The molecule has 2 aromatic rings. The van der Waals surface area contributed by atoms with Gasteiger partial charge in [0.1, 0.15) is 29.6 Å². The van der Waals surface area contributed by atoms with Crippen LogP contribution in [-0.2, 0) is 13.2 Å². The van der Waals surface area contributed by atoms with Gasteiger partial charge in [-0.25, -0.2) is 9.02 Å². The first-order valence-electron chi connectivity index (χ1n) is 5.10. The van der Waals surface area contributed by atoms with Gasteiger partial charge in [0.15, 0.2) is 0 Å². The second kappa shape index (κ2) is 4.92. The third-order valence-electron chi connectivity index (χ3n) is 2.35. The normalized spacial score (nSPS) is 10.5. The summed E-state index contributed by atoms with van der Waals surface area (Å²) in [5.74, 6) is 0.202. The van der Waals surface area contributed by atoms with Crippen molar-refractivity contribution in [1.29, 1.82) is 0 Å². The minimum Gasteiger partial charge on any atom is -0.487 e. The highest BCUT2D eigenvalue weighted by Crippen LogP contribution is 2.20. The third-order valence-corrected chi connectivity index (χ3v) is 2.35. The number of hydrogen-bond acceptors (Lipinski definition) is 5. The van der Waals surface area contributed by atoms with E-state index in [-0.39, 0.29) is 19.0 Å². The number of aromatic nitrogens is 2. The Morgan fingerprint density at radius 2 is 2.24 bits per heavy atom. The van der Waals surface area contributed by atoms with Gasteiger partial charge < -0.3 is 10.5 Å². The zero-order valence-electron chi connectivity index (χ0n) is 9.31. The summed E-state index contributed by atoms with van der Waals surface area (Å²) < 4.78 is 23.0. The molecule has 0 aliphatic carbocycles. The number of halogens is 1. The van der Waals surface area contributed by atoms with Crippen LogP contribution in [0.25, 0.3) is 0 Å². The zero-order chi connectivity index (χ0) is 12.3.